The Morgan fingerprint density at radius 3 is 2.63 bits per heavy atom. The molecule has 0 aliphatic rings. The second-order valence-electron chi connectivity index (χ2n) is 3.64. The zero-order valence-electron chi connectivity index (χ0n) is 9.95. The van der Waals surface area contributed by atoms with Gasteiger partial charge in [-0.25, -0.2) is 9.18 Å². The molecule has 0 aromatic heterocycles. The minimum Gasteiger partial charge on any atom is -0.464 e. The molecule has 0 saturated heterocycles. The molecule has 1 aromatic carbocycles. The molecule has 0 amide bonds. The minimum atomic E-state index is -1.94. The Kier molecular flexibility index (Phi) is 4.90. The van der Waals surface area contributed by atoms with Crippen molar-refractivity contribution in [2.45, 2.75) is 19.1 Å². The smallest absolute Gasteiger partial charge is 0.338 e. The Bertz CT molecular complexity index is 492. The van der Waals surface area contributed by atoms with Gasteiger partial charge in [-0.15, -0.1) is 0 Å². The Morgan fingerprint density at radius 1 is 1.47 bits per heavy atom. The molecule has 0 fully saturated rings. The minimum absolute atomic E-state index is 0.00802. The number of non-ortho nitro benzene ring substituents is 1. The molecule has 0 aliphatic heterocycles. The lowest BCUT2D eigenvalue weighted by molar-refractivity contribution is -0.385. The Labute approximate surface area is 107 Å². The highest BCUT2D eigenvalue weighted by atomic mass is 19.1. The van der Waals surface area contributed by atoms with Crippen molar-refractivity contribution in [2.75, 3.05) is 6.61 Å². The van der Waals surface area contributed by atoms with Crippen molar-refractivity contribution >= 4 is 11.7 Å². The molecule has 104 valence electrons. The topological polar surface area (TPSA) is 110 Å². The summed E-state index contributed by atoms with van der Waals surface area (Å²) in [5.74, 6) is -2.05. The molecular formula is C11H12FNO6. The van der Waals surface area contributed by atoms with E-state index in [-0.39, 0.29) is 12.2 Å². The SMILES string of the molecule is CCOC(=O)C(O)C(O)c1cc(F)cc([N+](=O)[O-])c1. The van der Waals surface area contributed by atoms with E-state index in [2.05, 4.69) is 4.74 Å². The van der Waals surface area contributed by atoms with Gasteiger partial charge in [0, 0.05) is 6.07 Å². The van der Waals surface area contributed by atoms with E-state index in [1.54, 1.807) is 0 Å². The van der Waals surface area contributed by atoms with Crippen LogP contribution in [0.4, 0.5) is 10.1 Å². The maximum atomic E-state index is 13.1. The first-order chi connectivity index (χ1) is 8.86. The van der Waals surface area contributed by atoms with E-state index >= 15 is 0 Å². The van der Waals surface area contributed by atoms with E-state index in [1.165, 1.54) is 6.92 Å². The number of esters is 1. The van der Waals surface area contributed by atoms with E-state index < -0.39 is 34.6 Å². The molecule has 0 bridgehead atoms. The van der Waals surface area contributed by atoms with Gasteiger partial charge in [0.2, 0.25) is 0 Å². The van der Waals surface area contributed by atoms with Crippen molar-refractivity contribution in [2.24, 2.45) is 0 Å². The average molecular weight is 273 g/mol. The summed E-state index contributed by atoms with van der Waals surface area (Å²) in [7, 11) is 0. The maximum absolute atomic E-state index is 13.1. The van der Waals surface area contributed by atoms with Crippen LogP contribution in [0.5, 0.6) is 0 Å². The van der Waals surface area contributed by atoms with Gasteiger partial charge < -0.3 is 14.9 Å². The van der Waals surface area contributed by atoms with Crippen LogP contribution in [-0.2, 0) is 9.53 Å². The summed E-state index contributed by atoms with van der Waals surface area (Å²) < 4.78 is 17.6. The van der Waals surface area contributed by atoms with Crippen molar-refractivity contribution in [1.29, 1.82) is 0 Å². The molecule has 0 spiro atoms. The lowest BCUT2D eigenvalue weighted by Crippen LogP contribution is -2.30. The largest absolute Gasteiger partial charge is 0.464 e. The van der Waals surface area contributed by atoms with E-state index in [4.69, 9.17) is 0 Å². The number of nitro benzene ring substituents is 1. The number of nitro groups is 1. The number of aliphatic hydroxyl groups is 2. The Hall–Kier alpha value is -2.06. The molecule has 1 aromatic rings. The highest BCUT2D eigenvalue weighted by Crippen LogP contribution is 2.24. The van der Waals surface area contributed by atoms with Crippen molar-refractivity contribution in [1.82, 2.24) is 0 Å². The molecule has 0 heterocycles. The zero-order chi connectivity index (χ0) is 14.6. The standard InChI is InChI=1S/C11H12FNO6/c1-2-19-11(16)10(15)9(14)6-3-7(12)5-8(4-6)13(17)18/h3-5,9-10,14-15H,2H2,1H3. The van der Waals surface area contributed by atoms with Crippen LogP contribution in [-0.4, -0.2) is 33.8 Å². The monoisotopic (exact) mass is 273 g/mol. The van der Waals surface area contributed by atoms with Crippen LogP contribution in [0.15, 0.2) is 18.2 Å². The van der Waals surface area contributed by atoms with Gasteiger partial charge in [0.25, 0.3) is 5.69 Å². The zero-order valence-corrected chi connectivity index (χ0v) is 9.95. The van der Waals surface area contributed by atoms with Gasteiger partial charge in [0.15, 0.2) is 6.10 Å². The van der Waals surface area contributed by atoms with Crippen LogP contribution in [0.3, 0.4) is 0 Å². The fourth-order valence-electron chi connectivity index (χ4n) is 1.41. The lowest BCUT2D eigenvalue weighted by Gasteiger charge is -2.16. The van der Waals surface area contributed by atoms with Crippen molar-refractivity contribution < 1.29 is 29.1 Å². The number of hydrogen-bond donors (Lipinski definition) is 2. The fraction of sp³-hybridized carbons (Fsp3) is 0.364. The number of carbonyl (C=O) groups is 1. The number of halogens is 1. The summed E-state index contributed by atoms with van der Waals surface area (Å²) in [6, 6.07) is 2.32. The number of rotatable bonds is 5. The molecule has 19 heavy (non-hydrogen) atoms. The van der Waals surface area contributed by atoms with Gasteiger partial charge in [0.1, 0.15) is 11.9 Å². The number of carbonyl (C=O) groups excluding carboxylic acids is 1. The molecular weight excluding hydrogens is 261 g/mol. The van der Waals surface area contributed by atoms with Crippen molar-refractivity contribution in [3.63, 3.8) is 0 Å². The normalized spacial score (nSPS) is 13.7. The van der Waals surface area contributed by atoms with Crippen molar-refractivity contribution in [3.8, 4) is 0 Å². The van der Waals surface area contributed by atoms with E-state index in [0.717, 1.165) is 12.1 Å². The van der Waals surface area contributed by atoms with Crippen LogP contribution >= 0.6 is 0 Å². The highest BCUT2D eigenvalue weighted by Gasteiger charge is 2.28. The molecule has 1 rings (SSSR count). The van der Waals surface area contributed by atoms with Gasteiger partial charge in [-0.2, -0.15) is 0 Å². The summed E-state index contributed by atoms with van der Waals surface area (Å²) in [5.41, 5.74) is -0.877. The maximum Gasteiger partial charge on any atom is 0.338 e. The molecule has 2 atom stereocenters. The van der Waals surface area contributed by atoms with Gasteiger partial charge >= 0.3 is 5.97 Å². The first-order valence-corrected chi connectivity index (χ1v) is 5.34. The number of aliphatic hydroxyl groups excluding tert-OH is 2. The number of hydrogen-bond acceptors (Lipinski definition) is 6. The van der Waals surface area contributed by atoms with E-state index in [9.17, 15) is 29.5 Å². The van der Waals surface area contributed by atoms with E-state index in [1.807, 2.05) is 0 Å². The Balaban J connectivity index is 3.02. The average Bonchev–Trinajstić information content (AvgIpc) is 2.36. The number of nitrogens with zero attached hydrogens (tertiary/aromatic N) is 1. The second-order valence-corrected chi connectivity index (χ2v) is 3.64. The summed E-state index contributed by atoms with van der Waals surface area (Å²) in [4.78, 5) is 20.9. The number of benzene rings is 1. The molecule has 8 heteroatoms. The summed E-state index contributed by atoms with van der Waals surface area (Å²) in [5, 5.41) is 29.7. The molecule has 0 radical (unpaired) electrons. The Morgan fingerprint density at radius 2 is 2.11 bits per heavy atom. The molecule has 2 N–H and O–H groups in total. The molecule has 0 aliphatic carbocycles. The third kappa shape index (κ3) is 3.70. The molecule has 2 unspecified atom stereocenters. The van der Waals surface area contributed by atoms with Crippen LogP contribution in [0.1, 0.15) is 18.6 Å². The van der Waals surface area contributed by atoms with Gasteiger partial charge in [0.05, 0.1) is 17.6 Å². The third-order valence-electron chi connectivity index (χ3n) is 2.28. The lowest BCUT2D eigenvalue weighted by atomic mass is 10.0. The molecule has 7 nitrogen and oxygen atoms in total. The molecule has 0 saturated carbocycles. The van der Waals surface area contributed by atoms with Gasteiger partial charge in [-0.3, -0.25) is 10.1 Å². The predicted molar refractivity (Wildman–Crippen MR) is 60.7 cm³/mol. The highest BCUT2D eigenvalue weighted by molar-refractivity contribution is 5.75. The summed E-state index contributed by atoms with van der Waals surface area (Å²) >= 11 is 0. The van der Waals surface area contributed by atoms with Gasteiger partial charge in [-0.05, 0) is 18.6 Å². The van der Waals surface area contributed by atoms with Crippen LogP contribution in [0, 0.1) is 15.9 Å². The van der Waals surface area contributed by atoms with Crippen LogP contribution in [0.25, 0.3) is 0 Å². The van der Waals surface area contributed by atoms with E-state index in [0.29, 0.717) is 6.07 Å². The summed E-state index contributed by atoms with van der Waals surface area (Å²) in [6.07, 6.45) is -3.75. The first-order valence-electron chi connectivity index (χ1n) is 5.34. The van der Waals surface area contributed by atoms with Gasteiger partial charge in [-0.1, -0.05) is 0 Å². The van der Waals surface area contributed by atoms with Crippen LogP contribution in [0.2, 0.25) is 0 Å². The fourth-order valence-corrected chi connectivity index (χ4v) is 1.41. The van der Waals surface area contributed by atoms with Crippen molar-refractivity contribution in [3.05, 3.63) is 39.7 Å². The third-order valence-corrected chi connectivity index (χ3v) is 2.28. The predicted octanol–water partition coefficient (Wildman–Crippen LogP) is 0.691. The second kappa shape index (κ2) is 6.21. The van der Waals surface area contributed by atoms with Crippen LogP contribution < -0.4 is 0 Å². The quantitative estimate of drug-likeness (QED) is 0.464. The first kappa shape index (κ1) is 15.0. The summed E-state index contributed by atoms with van der Waals surface area (Å²) in [6.45, 7) is 1.50. The number of ether oxygens (including phenoxy) is 1.